The molecule has 0 aliphatic carbocycles. The average molecular weight is 1140 g/mol. The first-order chi connectivity index (χ1) is 39.4. The van der Waals surface area contributed by atoms with E-state index in [9.17, 15) is 19.0 Å². The van der Waals surface area contributed by atoms with Crippen LogP contribution in [-0.2, 0) is 27.9 Å². The van der Waals surface area contributed by atoms with Gasteiger partial charge in [-0.05, 0) is 122 Å². The molecule has 0 rings (SSSR count). The van der Waals surface area contributed by atoms with E-state index in [1.54, 1.807) is 0 Å². The van der Waals surface area contributed by atoms with Crippen LogP contribution in [-0.4, -0.2) is 74.3 Å². The highest BCUT2D eigenvalue weighted by atomic mass is 31.2. The number of nitrogens with one attached hydrogen (secondary N) is 1. The van der Waals surface area contributed by atoms with Crippen LogP contribution in [0.1, 0.15) is 239 Å². The topological polar surface area (TPSA) is 111 Å². The van der Waals surface area contributed by atoms with Crippen LogP contribution in [0.25, 0.3) is 0 Å². The van der Waals surface area contributed by atoms with Gasteiger partial charge in [0.2, 0.25) is 5.91 Å². The molecular weight excluding hydrogens is 1020 g/mol. The lowest BCUT2D eigenvalue weighted by Gasteiger charge is -2.27. The van der Waals surface area contributed by atoms with Crippen molar-refractivity contribution in [1.82, 2.24) is 5.32 Å². The van der Waals surface area contributed by atoms with Crippen LogP contribution < -0.4 is 5.32 Å². The Hall–Kier alpha value is -4.11. The fourth-order valence-corrected chi connectivity index (χ4v) is 9.13. The molecule has 2 N–H and O–H groups in total. The van der Waals surface area contributed by atoms with E-state index < -0.39 is 20.0 Å². The number of ether oxygens (including phenoxy) is 1. The van der Waals surface area contributed by atoms with Crippen molar-refractivity contribution in [3.05, 3.63) is 146 Å². The van der Waals surface area contributed by atoms with Gasteiger partial charge in [-0.3, -0.25) is 18.6 Å². The van der Waals surface area contributed by atoms with Crippen molar-refractivity contribution >= 4 is 19.7 Å². The number of rotatable bonds is 56. The Balaban J connectivity index is 5.34. The molecule has 460 valence electrons. The lowest BCUT2D eigenvalue weighted by molar-refractivity contribution is -0.870. The van der Waals surface area contributed by atoms with Crippen LogP contribution in [0.4, 0.5) is 0 Å². The highest BCUT2D eigenvalue weighted by Gasteiger charge is 2.30. The third kappa shape index (κ3) is 60.3. The predicted molar refractivity (Wildman–Crippen MR) is 350 cm³/mol. The molecule has 0 aromatic carbocycles. The van der Waals surface area contributed by atoms with Gasteiger partial charge in [0.05, 0.1) is 33.8 Å². The fraction of sp³-hybridized carbons (Fsp3) is 0.634. The summed E-state index contributed by atoms with van der Waals surface area (Å²) < 4.78 is 30.7. The van der Waals surface area contributed by atoms with Gasteiger partial charge in [-0.25, -0.2) is 4.57 Å². The molecule has 0 bridgehead atoms. The maximum Gasteiger partial charge on any atom is 0.472 e. The number of unbranched alkanes of at least 4 members (excludes halogenated alkanes) is 18. The SMILES string of the molecule is CC/C=C\C/C=C\C/C=C\C/C=C\C/C=C\C/C=C\CCCCCCCCC(=O)OC(/C=C\CCCCCCCCCCCCC)C(COP(=O)(O)OCC[N+](C)(C)C)NC(=O)CCC/C=C\C/C=C\C/C=C\C/C=C\C/C=C\CC. The Bertz CT molecular complexity index is 1890. The number of amides is 1. The molecular formula is C71H120N2O7P+. The van der Waals surface area contributed by atoms with Gasteiger partial charge in [0.1, 0.15) is 19.3 Å². The molecule has 0 radical (unpaired) electrons. The number of likely N-dealkylation sites (N-methyl/N-ethyl adjacent to an activating group) is 1. The molecule has 0 aromatic rings. The summed E-state index contributed by atoms with van der Waals surface area (Å²) in [5.74, 6) is -0.601. The van der Waals surface area contributed by atoms with E-state index in [-0.39, 0.29) is 37.9 Å². The van der Waals surface area contributed by atoms with Crippen molar-refractivity contribution in [2.75, 3.05) is 40.9 Å². The number of phosphoric ester groups is 1. The van der Waals surface area contributed by atoms with Gasteiger partial charge in [0.15, 0.2) is 0 Å². The van der Waals surface area contributed by atoms with Gasteiger partial charge in [-0.2, -0.15) is 0 Å². The van der Waals surface area contributed by atoms with Crippen molar-refractivity contribution < 1.29 is 37.3 Å². The molecule has 0 aliphatic heterocycles. The summed E-state index contributed by atoms with van der Waals surface area (Å²) in [6.07, 6.45) is 85.7. The number of phosphoric acid groups is 1. The van der Waals surface area contributed by atoms with Gasteiger partial charge in [-0.15, -0.1) is 0 Å². The molecule has 3 atom stereocenters. The lowest BCUT2D eigenvalue weighted by Crippen LogP contribution is -2.47. The zero-order valence-corrected chi connectivity index (χ0v) is 53.4. The average Bonchev–Trinajstić information content (AvgIpc) is 3.44. The molecule has 0 saturated heterocycles. The zero-order valence-electron chi connectivity index (χ0n) is 52.5. The van der Waals surface area contributed by atoms with Gasteiger partial charge in [-0.1, -0.05) is 250 Å². The maximum absolute atomic E-state index is 13.5. The molecule has 3 unspecified atom stereocenters. The number of carbonyl (C=O) groups is 2. The zero-order chi connectivity index (χ0) is 59.3. The fourth-order valence-electron chi connectivity index (χ4n) is 8.39. The number of hydrogen-bond donors (Lipinski definition) is 2. The maximum atomic E-state index is 13.5. The number of esters is 1. The number of nitrogens with zero attached hydrogens (tertiary/aromatic N) is 1. The Labute approximate surface area is 498 Å². The highest BCUT2D eigenvalue weighted by Crippen LogP contribution is 2.43. The first kappa shape index (κ1) is 76.9. The molecule has 9 nitrogen and oxygen atoms in total. The summed E-state index contributed by atoms with van der Waals surface area (Å²) >= 11 is 0. The minimum absolute atomic E-state index is 0.0187. The Morgan fingerprint density at radius 1 is 0.444 bits per heavy atom. The molecule has 0 saturated carbocycles. The van der Waals surface area contributed by atoms with Crippen LogP contribution >= 0.6 is 7.82 Å². The summed E-state index contributed by atoms with van der Waals surface area (Å²) in [6.45, 7) is 6.71. The standard InChI is InChI=1S/C71H119N2O7P/c1-7-10-13-16-19-22-25-28-30-32-33-34-35-36-37-38-39-41-43-46-49-52-55-58-61-64-71(75)80-69(62-59-56-53-50-47-44-27-24-21-18-15-12-9-3)68(67-79-81(76,77)78-66-65-73(4,5)6)72-70(74)63-60-57-54-51-48-45-42-40-31-29-26-23-20-17-14-11-8-2/h10-11,13-14,19-20,22-23,28-31,33-34,36-37,39,41-42,45,51,54,59,62,68-69H,7-9,12,15-18,21,24-27,32,35,38,40,43-44,46-50,52-53,55-58,60-61,63-67H2,1-6H3,(H-,72,74,76,77)/p+1/b13-10-,14-11-,22-19-,23-20-,30-28-,31-29-,34-33-,37-36-,41-39-,45-42-,54-51-,62-59-. The van der Waals surface area contributed by atoms with Crippen molar-refractivity contribution in [1.29, 1.82) is 0 Å². The predicted octanol–water partition coefficient (Wildman–Crippen LogP) is 20.2. The van der Waals surface area contributed by atoms with E-state index >= 15 is 0 Å². The molecule has 1 amide bonds. The van der Waals surface area contributed by atoms with Crippen LogP contribution in [0.15, 0.2) is 146 Å². The molecule has 0 heterocycles. The third-order valence-corrected chi connectivity index (χ3v) is 14.3. The van der Waals surface area contributed by atoms with Gasteiger partial charge in [0, 0.05) is 12.8 Å². The number of quaternary nitrogens is 1. The quantitative estimate of drug-likeness (QED) is 0.0205. The van der Waals surface area contributed by atoms with Gasteiger partial charge in [0.25, 0.3) is 0 Å². The Morgan fingerprint density at radius 2 is 0.802 bits per heavy atom. The molecule has 0 spiro atoms. The highest BCUT2D eigenvalue weighted by molar-refractivity contribution is 7.47. The number of carbonyl (C=O) groups excluding carboxylic acids is 2. The molecule has 0 aromatic heterocycles. The van der Waals surface area contributed by atoms with Crippen LogP contribution in [0.5, 0.6) is 0 Å². The number of allylic oxidation sites excluding steroid dienone is 23. The van der Waals surface area contributed by atoms with Crippen LogP contribution in [0.3, 0.4) is 0 Å². The van der Waals surface area contributed by atoms with E-state index in [1.807, 2.05) is 33.3 Å². The molecule has 0 aliphatic rings. The van der Waals surface area contributed by atoms with Gasteiger partial charge < -0.3 is 19.4 Å². The first-order valence-electron chi connectivity index (χ1n) is 32.2. The largest absolute Gasteiger partial charge is 0.472 e. The summed E-state index contributed by atoms with van der Waals surface area (Å²) in [5.41, 5.74) is 0. The Kier molecular flexibility index (Phi) is 56.1. The van der Waals surface area contributed by atoms with Crippen LogP contribution in [0.2, 0.25) is 0 Å². The second-order valence-corrected chi connectivity index (χ2v) is 23.6. The minimum atomic E-state index is -4.48. The second-order valence-electron chi connectivity index (χ2n) is 22.2. The van der Waals surface area contributed by atoms with Crippen molar-refractivity contribution in [3.63, 3.8) is 0 Å². The molecule has 81 heavy (non-hydrogen) atoms. The van der Waals surface area contributed by atoms with E-state index in [0.717, 1.165) is 135 Å². The monoisotopic (exact) mass is 1140 g/mol. The van der Waals surface area contributed by atoms with Crippen LogP contribution in [0, 0.1) is 0 Å². The lowest BCUT2D eigenvalue weighted by atomic mass is 10.0. The summed E-state index contributed by atoms with van der Waals surface area (Å²) in [6, 6.07) is -0.896. The van der Waals surface area contributed by atoms with E-state index in [4.69, 9.17) is 13.8 Å². The third-order valence-electron chi connectivity index (χ3n) is 13.3. The number of hydrogen-bond acceptors (Lipinski definition) is 6. The Morgan fingerprint density at radius 3 is 1.21 bits per heavy atom. The van der Waals surface area contributed by atoms with E-state index in [2.05, 4.69) is 160 Å². The second kappa shape index (κ2) is 59.1. The van der Waals surface area contributed by atoms with Crippen molar-refractivity contribution in [2.45, 2.75) is 251 Å². The van der Waals surface area contributed by atoms with Crippen molar-refractivity contribution in [3.8, 4) is 0 Å². The summed E-state index contributed by atoms with van der Waals surface area (Å²) in [5, 5.41) is 3.02. The molecule has 0 fully saturated rings. The normalized spacial score (nSPS) is 14.6. The van der Waals surface area contributed by atoms with E-state index in [1.165, 1.54) is 57.8 Å². The molecule has 10 heteroatoms. The summed E-state index contributed by atoms with van der Waals surface area (Å²) in [7, 11) is 1.43. The van der Waals surface area contributed by atoms with Gasteiger partial charge >= 0.3 is 13.8 Å². The smallest absolute Gasteiger partial charge is 0.456 e. The minimum Gasteiger partial charge on any atom is -0.456 e. The summed E-state index contributed by atoms with van der Waals surface area (Å²) in [4.78, 5) is 37.8. The van der Waals surface area contributed by atoms with E-state index in [0.29, 0.717) is 23.9 Å². The first-order valence-corrected chi connectivity index (χ1v) is 33.7. The van der Waals surface area contributed by atoms with Crippen molar-refractivity contribution in [2.24, 2.45) is 0 Å².